The lowest BCUT2D eigenvalue weighted by molar-refractivity contribution is 0.312. The Labute approximate surface area is 109 Å². The van der Waals surface area contributed by atoms with E-state index in [9.17, 15) is 4.39 Å². The molecule has 0 aliphatic rings. The van der Waals surface area contributed by atoms with Crippen molar-refractivity contribution < 1.29 is 9.13 Å². The molecule has 102 valence electrons. The van der Waals surface area contributed by atoms with Gasteiger partial charge in [0.1, 0.15) is 11.6 Å². The Morgan fingerprint density at radius 3 is 2.67 bits per heavy atom. The summed E-state index contributed by atoms with van der Waals surface area (Å²) in [6.45, 7) is 2.33. The molecule has 0 spiro atoms. The first-order valence-corrected chi connectivity index (χ1v) is 6.38. The summed E-state index contributed by atoms with van der Waals surface area (Å²) >= 11 is 0. The van der Waals surface area contributed by atoms with Crippen molar-refractivity contribution in [1.29, 1.82) is 0 Å². The molecule has 0 radical (unpaired) electrons. The van der Waals surface area contributed by atoms with Crippen LogP contribution in [0.1, 0.15) is 24.8 Å². The van der Waals surface area contributed by atoms with E-state index in [4.69, 9.17) is 10.5 Å². The predicted molar refractivity (Wildman–Crippen MR) is 72.2 cm³/mol. The maximum atomic E-state index is 13.7. The first-order valence-electron chi connectivity index (χ1n) is 6.38. The van der Waals surface area contributed by atoms with Crippen LogP contribution in [0.5, 0.6) is 5.75 Å². The van der Waals surface area contributed by atoms with Gasteiger partial charge in [-0.15, -0.1) is 0 Å². The van der Waals surface area contributed by atoms with E-state index in [2.05, 4.69) is 4.90 Å². The van der Waals surface area contributed by atoms with Crippen molar-refractivity contribution in [2.75, 3.05) is 27.2 Å². The Morgan fingerprint density at radius 2 is 2.06 bits per heavy atom. The Bertz CT molecular complexity index is 358. The zero-order valence-electron chi connectivity index (χ0n) is 11.3. The van der Waals surface area contributed by atoms with Gasteiger partial charge in [-0.2, -0.15) is 0 Å². The maximum Gasteiger partial charge on any atom is 0.131 e. The van der Waals surface area contributed by atoms with Crippen molar-refractivity contribution in [2.24, 2.45) is 5.73 Å². The highest BCUT2D eigenvalue weighted by atomic mass is 19.1. The normalized spacial score (nSPS) is 10.9. The fourth-order valence-corrected chi connectivity index (χ4v) is 1.86. The van der Waals surface area contributed by atoms with Gasteiger partial charge in [0.2, 0.25) is 0 Å². The van der Waals surface area contributed by atoms with E-state index < -0.39 is 0 Å². The highest BCUT2D eigenvalue weighted by molar-refractivity contribution is 5.28. The number of nitrogens with zero attached hydrogens (tertiary/aromatic N) is 1. The number of nitrogens with two attached hydrogens (primary N) is 1. The molecular weight excluding hydrogens is 231 g/mol. The zero-order valence-corrected chi connectivity index (χ0v) is 11.3. The van der Waals surface area contributed by atoms with Gasteiger partial charge in [0.15, 0.2) is 0 Å². The minimum Gasteiger partial charge on any atom is -0.497 e. The first kappa shape index (κ1) is 14.9. The lowest BCUT2D eigenvalue weighted by atomic mass is 10.1. The Morgan fingerprint density at radius 1 is 1.28 bits per heavy atom. The molecule has 0 saturated heterocycles. The second-order valence-corrected chi connectivity index (χ2v) is 4.54. The van der Waals surface area contributed by atoms with Crippen LogP contribution in [0.4, 0.5) is 4.39 Å². The van der Waals surface area contributed by atoms with Crippen molar-refractivity contribution in [1.82, 2.24) is 4.90 Å². The molecule has 1 aromatic carbocycles. The zero-order chi connectivity index (χ0) is 13.4. The highest BCUT2D eigenvalue weighted by Gasteiger charge is 2.06. The Balaban J connectivity index is 2.41. The van der Waals surface area contributed by atoms with Crippen LogP contribution in [-0.2, 0) is 6.54 Å². The number of benzene rings is 1. The van der Waals surface area contributed by atoms with Crippen LogP contribution in [0.25, 0.3) is 0 Å². The summed E-state index contributed by atoms with van der Waals surface area (Å²) in [7, 11) is 3.55. The number of rotatable bonds is 8. The highest BCUT2D eigenvalue weighted by Crippen LogP contribution is 2.17. The SMILES string of the molecule is COc1ccc(CN(C)CCCCCN)c(F)c1. The molecule has 3 nitrogen and oxygen atoms in total. The lowest BCUT2D eigenvalue weighted by Gasteiger charge is -2.17. The molecule has 0 saturated carbocycles. The third-order valence-corrected chi connectivity index (χ3v) is 2.94. The fourth-order valence-electron chi connectivity index (χ4n) is 1.86. The second-order valence-electron chi connectivity index (χ2n) is 4.54. The summed E-state index contributed by atoms with van der Waals surface area (Å²) in [5.74, 6) is 0.352. The number of ether oxygens (including phenoxy) is 1. The van der Waals surface area contributed by atoms with Gasteiger partial charge in [-0.25, -0.2) is 4.39 Å². The average molecular weight is 254 g/mol. The van der Waals surface area contributed by atoms with E-state index in [0.29, 0.717) is 17.9 Å². The maximum absolute atomic E-state index is 13.7. The monoisotopic (exact) mass is 254 g/mol. The van der Waals surface area contributed by atoms with E-state index in [1.165, 1.54) is 13.2 Å². The Hall–Kier alpha value is -1.13. The number of unbranched alkanes of at least 4 members (excludes halogenated alkanes) is 2. The summed E-state index contributed by atoms with van der Waals surface area (Å²) < 4.78 is 18.7. The lowest BCUT2D eigenvalue weighted by Crippen LogP contribution is -2.20. The van der Waals surface area contributed by atoms with Crippen molar-refractivity contribution in [3.8, 4) is 5.75 Å². The first-order chi connectivity index (χ1) is 8.67. The van der Waals surface area contributed by atoms with Gasteiger partial charge in [0.25, 0.3) is 0 Å². The Kier molecular flexibility index (Phi) is 6.68. The molecular formula is C14H23FN2O. The van der Waals surface area contributed by atoms with Gasteiger partial charge in [0.05, 0.1) is 7.11 Å². The minimum atomic E-state index is -0.205. The predicted octanol–water partition coefficient (Wildman–Crippen LogP) is 2.40. The third kappa shape index (κ3) is 5.02. The van der Waals surface area contributed by atoms with Crippen molar-refractivity contribution in [3.05, 3.63) is 29.6 Å². The van der Waals surface area contributed by atoms with E-state index in [0.717, 1.165) is 32.4 Å². The summed E-state index contributed by atoms with van der Waals surface area (Å²) in [5.41, 5.74) is 6.15. The summed E-state index contributed by atoms with van der Waals surface area (Å²) in [6, 6.07) is 5.00. The van der Waals surface area contributed by atoms with Gasteiger partial charge in [-0.05, 0) is 39.0 Å². The van der Waals surface area contributed by atoms with Crippen LogP contribution in [0.3, 0.4) is 0 Å². The van der Waals surface area contributed by atoms with Crippen molar-refractivity contribution in [3.63, 3.8) is 0 Å². The summed E-state index contributed by atoms with van der Waals surface area (Å²) in [4.78, 5) is 2.13. The molecule has 0 aromatic heterocycles. The van der Waals surface area contributed by atoms with Gasteiger partial charge < -0.3 is 15.4 Å². The molecule has 0 aliphatic heterocycles. The minimum absolute atomic E-state index is 0.205. The van der Waals surface area contributed by atoms with Gasteiger partial charge in [0, 0.05) is 18.2 Å². The molecule has 0 amide bonds. The topological polar surface area (TPSA) is 38.5 Å². The van der Waals surface area contributed by atoms with Crippen LogP contribution >= 0.6 is 0 Å². The molecule has 4 heteroatoms. The third-order valence-electron chi connectivity index (χ3n) is 2.94. The average Bonchev–Trinajstić information content (AvgIpc) is 2.37. The molecule has 0 bridgehead atoms. The molecule has 18 heavy (non-hydrogen) atoms. The van der Waals surface area contributed by atoms with Crippen LogP contribution in [0.2, 0.25) is 0 Å². The number of methoxy groups -OCH3 is 1. The molecule has 0 atom stereocenters. The van der Waals surface area contributed by atoms with Crippen LogP contribution in [-0.4, -0.2) is 32.1 Å². The molecule has 0 unspecified atom stereocenters. The molecule has 0 aliphatic carbocycles. The van der Waals surface area contributed by atoms with E-state index in [1.54, 1.807) is 12.1 Å². The van der Waals surface area contributed by atoms with Gasteiger partial charge in [-0.3, -0.25) is 0 Å². The van der Waals surface area contributed by atoms with Gasteiger partial charge in [-0.1, -0.05) is 12.5 Å². The molecule has 0 fully saturated rings. The molecule has 2 N–H and O–H groups in total. The largest absolute Gasteiger partial charge is 0.497 e. The van der Waals surface area contributed by atoms with E-state index >= 15 is 0 Å². The standard InChI is InChI=1S/C14H23FN2O/c1-17(9-5-3-4-8-16)11-12-6-7-13(18-2)10-14(12)15/h6-7,10H,3-5,8-9,11,16H2,1-2H3. The summed E-state index contributed by atoms with van der Waals surface area (Å²) in [6.07, 6.45) is 3.29. The molecule has 0 heterocycles. The molecule has 1 rings (SSSR count). The van der Waals surface area contributed by atoms with Crippen molar-refractivity contribution in [2.45, 2.75) is 25.8 Å². The quantitative estimate of drug-likeness (QED) is 0.724. The number of halogens is 1. The number of hydrogen-bond acceptors (Lipinski definition) is 3. The summed E-state index contributed by atoms with van der Waals surface area (Å²) in [5, 5.41) is 0. The fraction of sp³-hybridized carbons (Fsp3) is 0.571. The van der Waals surface area contributed by atoms with Crippen molar-refractivity contribution >= 4 is 0 Å². The van der Waals surface area contributed by atoms with Crippen LogP contribution in [0.15, 0.2) is 18.2 Å². The van der Waals surface area contributed by atoms with E-state index in [-0.39, 0.29) is 5.82 Å². The molecule has 1 aromatic rings. The van der Waals surface area contributed by atoms with Crippen LogP contribution in [0, 0.1) is 5.82 Å². The number of hydrogen-bond donors (Lipinski definition) is 1. The van der Waals surface area contributed by atoms with Gasteiger partial charge >= 0.3 is 0 Å². The van der Waals surface area contributed by atoms with Crippen LogP contribution < -0.4 is 10.5 Å². The van der Waals surface area contributed by atoms with E-state index in [1.807, 2.05) is 7.05 Å². The smallest absolute Gasteiger partial charge is 0.131 e. The second kappa shape index (κ2) is 8.06.